The van der Waals surface area contributed by atoms with Crippen molar-refractivity contribution in [3.63, 3.8) is 0 Å². The first-order chi connectivity index (χ1) is 7.72. The van der Waals surface area contributed by atoms with E-state index in [9.17, 15) is 13.2 Å². The Morgan fingerprint density at radius 1 is 1.41 bits per heavy atom. The fourth-order valence-corrected chi connectivity index (χ4v) is 1.54. The van der Waals surface area contributed by atoms with Gasteiger partial charge in [-0.15, -0.1) is 0 Å². The zero-order chi connectivity index (χ0) is 13.5. The van der Waals surface area contributed by atoms with E-state index in [1.54, 1.807) is 14.0 Å². The molecule has 0 unspecified atom stereocenters. The molecule has 0 aliphatic carbocycles. The highest BCUT2D eigenvalue weighted by Gasteiger charge is 2.07. The number of likely N-dealkylation sites (N-methyl/N-ethyl adjacent to an activating group) is 1. The van der Waals surface area contributed by atoms with Crippen molar-refractivity contribution in [2.24, 2.45) is 0 Å². The van der Waals surface area contributed by atoms with Crippen LogP contribution in [-0.4, -0.2) is 56.3 Å². The summed E-state index contributed by atoms with van der Waals surface area (Å²) in [6.45, 7) is 6.25. The number of ether oxygens (including phenoxy) is 1. The summed E-state index contributed by atoms with van der Waals surface area (Å²) in [5.74, 6) is -0.695. The summed E-state index contributed by atoms with van der Waals surface area (Å²) in [6.07, 6.45) is 0.337. The Labute approximate surface area is 102 Å². The van der Waals surface area contributed by atoms with Crippen LogP contribution >= 0.6 is 0 Å². The van der Waals surface area contributed by atoms with Crippen LogP contribution in [0.5, 0.6) is 0 Å². The monoisotopic (exact) mass is 265 g/mol. The number of hydrogen-bond donors (Lipinski definition) is 1. The molecule has 1 N–H and O–H groups in total. The predicted octanol–water partition coefficient (Wildman–Crippen LogP) is 0.315. The number of carbonyl (C=O) groups is 1. The molecule has 0 atom stereocenters. The van der Waals surface area contributed by atoms with E-state index in [1.165, 1.54) is 0 Å². The molecule has 0 rings (SSSR count). The van der Waals surface area contributed by atoms with Gasteiger partial charge in [-0.2, -0.15) is 8.42 Å². The van der Waals surface area contributed by atoms with Crippen LogP contribution in [0.25, 0.3) is 0 Å². The van der Waals surface area contributed by atoms with Crippen LogP contribution < -0.4 is 0 Å². The van der Waals surface area contributed by atoms with Gasteiger partial charge in [0, 0.05) is 12.1 Å². The van der Waals surface area contributed by atoms with Crippen LogP contribution in [0.1, 0.15) is 13.3 Å². The second-order valence-electron chi connectivity index (χ2n) is 3.86. The molecule has 7 heteroatoms. The van der Waals surface area contributed by atoms with Gasteiger partial charge in [-0.1, -0.05) is 6.58 Å². The molecule has 0 bridgehead atoms. The molecule has 0 amide bonds. The summed E-state index contributed by atoms with van der Waals surface area (Å²) in [6, 6.07) is 0. The maximum absolute atomic E-state index is 11.0. The van der Waals surface area contributed by atoms with Crippen LogP contribution in [-0.2, 0) is 19.6 Å². The van der Waals surface area contributed by atoms with Crippen molar-refractivity contribution in [1.82, 2.24) is 4.90 Å². The third-order valence-electron chi connectivity index (χ3n) is 2.00. The molecule has 0 aromatic carbocycles. The highest BCUT2D eigenvalue weighted by Crippen LogP contribution is 1.95. The molecule has 0 aromatic heterocycles. The van der Waals surface area contributed by atoms with Crippen molar-refractivity contribution in [2.45, 2.75) is 13.3 Å². The number of hydrogen-bond acceptors (Lipinski definition) is 5. The normalized spacial score (nSPS) is 11.5. The van der Waals surface area contributed by atoms with E-state index in [0.717, 1.165) is 0 Å². The van der Waals surface area contributed by atoms with E-state index in [0.29, 0.717) is 25.1 Å². The first-order valence-electron chi connectivity index (χ1n) is 5.18. The Balaban J connectivity index is 3.64. The molecule has 6 nitrogen and oxygen atoms in total. The van der Waals surface area contributed by atoms with Crippen molar-refractivity contribution in [1.29, 1.82) is 0 Å². The van der Waals surface area contributed by atoms with Gasteiger partial charge >= 0.3 is 5.97 Å². The average molecular weight is 265 g/mol. The third kappa shape index (κ3) is 9.98. The fraction of sp³-hybridized carbons (Fsp3) is 0.700. The van der Waals surface area contributed by atoms with Gasteiger partial charge in [0.05, 0.1) is 5.75 Å². The molecule has 0 aromatic rings. The van der Waals surface area contributed by atoms with Crippen molar-refractivity contribution >= 4 is 16.1 Å². The molecule has 0 saturated heterocycles. The third-order valence-corrected chi connectivity index (χ3v) is 2.80. The predicted molar refractivity (Wildman–Crippen MR) is 64.3 cm³/mol. The highest BCUT2D eigenvalue weighted by atomic mass is 32.2. The zero-order valence-corrected chi connectivity index (χ0v) is 11.0. The lowest BCUT2D eigenvalue weighted by Crippen LogP contribution is -2.26. The molecule has 0 fully saturated rings. The van der Waals surface area contributed by atoms with Crippen molar-refractivity contribution in [3.8, 4) is 0 Å². The van der Waals surface area contributed by atoms with Gasteiger partial charge in [-0.25, -0.2) is 4.79 Å². The minimum Gasteiger partial charge on any atom is -0.461 e. The van der Waals surface area contributed by atoms with E-state index in [4.69, 9.17) is 9.29 Å². The highest BCUT2D eigenvalue weighted by molar-refractivity contribution is 7.85. The minimum absolute atomic E-state index is 0.230. The second kappa shape index (κ2) is 7.41. The molecule has 100 valence electrons. The number of esters is 1. The lowest BCUT2D eigenvalue weighted by Gasteiger charge is -2.15. The van der Waals surface area contributed by atoms with E-state index in [2.05, 4.69) is 6.58 Å². The van der Waals surface area contributed by atoms with E-state index in [1.807, 2.05) is 4.90 Å². The lowest BCUT2D eigenvalue weighted by molar-refractivity contribution is -0.139. The second-order valence-corrected chi connectivity index (χ2v) is 5.43. The van der Waals surface area contributed by atoms with Gasteiger partial charge in [-0.3, -0.25) is 4.55 Å². The SMILES string of the molecule is C=C(C)C(=O)OCCN(C)CCCS(=O)(=O)O. The van der Waals surface area contributed by atoms with E-state index < -0.39 is 16.1 Å². The van der Waals surface area contributed by atoms with Crippen LogP contribution in [0.2, 0.25) is 0 Å². The summed E-state index contributed by atoms with van der Waals surface area (Å²) in [5.41, 5.74) is 0.346. The smallest absolute Gasteiger partial charge is 0.333 e. The number of nitrogens with zero attached hydrogens (tertiary/aromatic N) is 1. The summed E-state index contributed by atoms with van der Waals surface area (Å²) >= 11 is 0. The summed E-state index contributed by atoms with van der Waals surface area (Å²) in [4.78, 5) is 12.8. The molecular formula is C10H19NO5S. The molecule has 0 radical (unpaired) electrons. The van der Waals surface area contributed by atoms with Gasteiger partial charge < -0.3 is 9.64 Å². The largest absolute Gasteiger partial charge is 0.461 e. The Hall–Kier alpha value is -0.920. The van der Waals surface area contributed by atoms with E-state index in [-0.39, 0.29) is 12.4 Å². The summed E-state index contributed by atoms with van der Waals surface area (Å²) in [7, 11) is -2.11. The first-order valence-corrected chi connectivity index (χ1v) is 6.79. The average Bonchev–Trinajstić information content (AvgIpc) is 2.15. The first kappa shape index (κ1) is 16.1. The Morgan fingerprint density at radius 3 is 2.47 bits per heavy atom. The molecule has 0 spiro atoms. The van der Waals surface area contributed by atoms with Crippen LogP contribution in [0.3, 0.4) is 0 Å². The summed E-state index contributed by atoms with van der Waals surface area (Å²) < 4.78 is 34.3. The van der Waals surface area contributed by atoms with Crippen molar-refractivity contribution in [2.75, 3.05) is 32.5 Å². The van der Waals surface area contributed by atoms with E-state index >= 15 is 0 Å². The number of carbonyl (C=O) groups excluding carboxylic acids is 1. The molecule has 0 aliphatic rings. The van der Waals surface area contributed by atoms with Gasteiger partial charge in [0.2, 0.25) is 0 Å². The van der Waals surface area contributed by atoms with Gasteiger partial charge in [0.15, 0.2) is 0 Å². The summed E-state index contributed by atoms with van der Waals surface area (Å²) in [5, 5.41) is 0. The Bertz CT molecular complexity index is 363. The number of rotatable bonds is 8. The topological polar surface area (TPSA) is 83.9 Å². The van der Waals surface area contributed by atoms with Crippen LogP contribution in [0, 0.1) is 0 Å². The minimum atomic E-state index is -3.89. The maximum Gasteiger partial charge on any atom is 0.333 e. The molecule has 0 heterocycles. The maximum atomic E-state index is 11.0. The van der Waals surface area contributed by atoms with Crippen molar-refractivity contribution in [3.05, 3.63) is 12.2 Å². The van der Waals surface area contributed by atoms with Gasteiger partial charge in [-0.05, 0) is 26.9 Å². The Kier molecular flexibility index (Phi) is 7.01. The molecular weight excluding hydrogens is 246 g/mol. The lowest BCUT2D eigenvalue weighted by atomic mass is 10.4. The van der Waals surface area contributed by atoms with Crippen LogP contribution in [0.15, 0.2) is 12.2 Å². The van der Waals surface area contributed by atoms with Gasteiger partial charge in [0.25, 0.3) is 10.1 Å². The van der Waals surface area contributed by atoms with Crippen molar-refractivity contribution < 1.29 is 22.5 Å². The Morgan fingerprint density at radius 2 is 2.00 bits per heavy atom. The zero-order valence-electron chi connectivity index (χ0n) is 10.2. The molecule has 0 saturated carbocycles. The fourth-order valence-electron chi connectivity index (χ4n) is 1.05. The standard InChI is InChI=1S/C10H19NO5S/c1-9(2)10(12)16-7-6-11(3)5-4-8-17(13,14)15/h1,4-8H2,2-3H3,(H,13,14,15). The molecule has 17 heavy (non-hydrogen) atoms. The molecule has 0 aliphatic heterocycles. The van der Waals surface area contributed by atoms with Crippen LogP contribution in [0.4, 0.5) is 0 Å². The van der Waals surface area contributed by atoms with Gasteiger partial charge in [0.1, 0.15) is 6.61 Å². The quantitative estimate of drug-likeness (QED) is 0.386.